The van der Waals surface area contributed by atoms with Crippen molar-refractivity contribution in [2.75, 3.05) is 0 Å². The second-order valence-electron chi connectivity index (χ2n) is 3.60. The van der Waals surface area contributed by atoms with Crippen molar-refractivity contribution in [2.45, 2.75) is 39.2 Å². The summed E-state index contributed by atoms with van der Waals surface area (Å²) in [5, 5.41) is 0. The first-order valence-corrected chi connectivity index (χ1v) is 5.05. The molecule has 0 saturated carbocycles. The van der Waals surface area contributed by atoms with Gasteiger partial charge in [-0.25, -0.2) is 0 Å². The van der Waals surface area contributed by atoms with Gasteiger partial charge < -0.3 is 5.73 Å². The fourth-order valence-corrected chi connectivity index (χ4v) is 2.24. The van der Waals surface area contributed by atoms with Crippen molar-refractivity contribution < 1.29 is 0 Å². The summed E-state index contributed by atoms with van der Waals surface area (Å²) >= 11 is 0. The maximum absolute atomic E-state index is 5.68. The minimum absolute atomic E-state index is 0.628. The van der Waals surface area contributed by atoms with Crippen LogP contribution in [0.1, 0.15) is 35.7 Å². The molecule has 1 aromatic rings. The van der Waals surface area contributed by atoms with Crippen LogP contribution in [0.2, 0.25) is 0 Å². The second kappa shape index (κ2) is 3.46. The van der Waals surface area contributed by atoms with Gasteiger partial charge in [-0.15, -0.1) is 0 Å². The fourth-order valence-electron chi connectivity index (χ4n) is 2.24. The number of pyridine rings is 1. The van der Waals surface area contributed by atoms with E-state index in [4.69, 9.17) is 5.73 Å². The van der Waals surface area contributed by atoms with E-state index in [1.54, 1.807) is 0 Å². The molecule has 0 unspecified atom stereocenters. The molecule has 0 radical (unpaired) electrons. The summed E-state index contributed by atoms with van der Waals surface area (Å²) in [4.78, 5) is 4.46. The summed E-state index contributed by atoms with van der Waals surface area (Å²) in [6, 6.07) is 0. The Morgan fingerprint density at radius 3 is 3.00 bits per heavy atom. The lowest BCUT2D eigenvalue weighted by Crippen LogP contribution is -2.06. The molecule has 0 fully saturated rings. The van der Waals surface area contributed by atoms with Crippen molar-refractivity contribution in [3.05, 3.63) is 28.6 Å². The predicted octanol–water partition coefficient (Wildman–Crippen LogP) is 1.59. The molecule has 2 N–H and O–H groups in total. The van der Waals surface area contributed by atoms with Crippen molar-refractivity contribution in [3.8, 4) is 0 Å². The van der Waals surface area contributed by atoms with Gasteiger partial charge in [-0.05, 0) is 42.4 Å². The first-order valence-electron chi connectivity index (χ1n) is 5.05. The van der Waals surface area contributed by atoms with Crippen LogP contribution in [0.5, 0.6) is 0 Å². The molecule has 0 saturated heterocycles. The zero-order chi connectivity index (χ0) is 9.26. The van der Waals surface area contributed by atoms with Gasteiger partial charge in [0, 0.05) is 18.4 Å². The number of aryl methyl sites for hydroxylation is 1. The highest BCUT2D eigenvalue weighted by Crippen LogP contribution is 2.26. The third kappa shape index (κ3) is 1.35. The molecule has 0 aromatic carbocycles. The summed E-state index contributed by atoms with van der Waals surface area (Å²) < 4.78 is 0. The molecule has 70 valence electrons. The molecule has 1 aliphatic rings. The monoisotopic (exact) mass is 176 g/mol. The molecule has 0 aliphatic heterocycles. The van der Waals surface area contributed by atoms with Crippen LogP contribution < -0.4 is 5.73 Å². The molecule has 2 heteroatoms. The summed E-state index contributed by atoms with van der Waals surface area (Å²) in [5.74, 6) is 0. The second-order valence-corrected chi connectivity index (χ2v) is 3.60. The van der Waals surface area contributed by atoms with Gasteiger partial charge in [-0.3, -0.25) is 4.98 Å². The Labute approximate surface area is 79.2 Å². The van der Waals surface area contributed by atoms with E-state index in [0.717, 1.165) is 12.8 Å². The largest absolute Gasteiger partial charge is 0.326 e. The first-order chi connectivity index (χ1) is 6.36. The molecule has 2 nitrogen and oxygen atoms in total. The number of aromatic nitrogens is 1. The lowest BCUT2D eigenvalue weighted by Gasteiger charge is -2.10. The Bertz CT molecular complexity index is 318. The SMILES string of the molecule is CCc1c(CN)cnc2c1CCC2. The van der Waals surface area contributed by atoms with E-state index in [-0.39, 0.29) is 0 Å². The van der Waals surface area contributed by atoms with Gasteiger partial charge in [-0.2, -0.15) is 0 Å². The molecule has 0 atom stereocenters. The normalized spacial score (nSPS) is 14.6. The average molecular weight is 176 g/mol. The van der Waals surface area contributed by atoms with E-state index in [0.29, 0.717) is 6.54 Å². The number of fused-ring (bicyclic) bond motifs is 1. The van der Waals surface area contributed by atoms with E-state index >= 15 is 0 Å². The smallest absolute Gasteiger partial charge is 0.0438 e. The van der Waals surface area contributed by atoms with Gasteiger partial charge in [0.25, 0.3) is 0 Å². The van der Waals surface area contributed by atoms with Crippen molar-refractivity contribution in [1.29, 1.82) is 0 Å². The van der Waals surface area contributed by atoms with Gasteiger partial charge in [0.05, 0.1) is 0 Å². The molecule has 0 spiro atoms. The maximum atomic E-state index is 5.68. The Hall–Kier alpha value is -0.890. The minimum atomic E-state index is 0.628. The van der Waals surface area contributed by atoms with Gasteiger partial charge in [0.15, 0.2) is 0 Å². The fraction of sp³-hybridized carbons (Fsp3) is 0.545. The van der Waals surface area contributed by atoms with E-state index in [9.17, 15) is 0 Å². The van der Waals surface area contributed by atoms with Crippen molar-refractivity contribution in [2.24, 2.45) is 5.73 Å². The third-order valence-corrected chi connectivity index (χ3v) is 2.89. The third-order valence-electron chi connectivity index (χ3n) is 2.89. The van der Waals surface area contributed by atoms with Crippen LogP contribution in [0, 0.1) is 0 Å². The number of nitrogens with zero attached hydrogens (tertiary/aromatic N) is 1. The lowest BCUT2D eigenvalue weighted by molar-refractivity contribution is 0.896. The Morgan fingerprint density at radius 2 is 2.31 bits per heavy atom. The van der Waals surface area contributed by atoms with Crippen LogP contribution in [0.3, 0.4) is 0 Å². The van der Waals surface area contributed by atoms with Crippen LogP contribution >= 0.6 is 0 Å². The zero-order valence-electron chi connectivity index (χ0n) is 8.14. The van der Waals surface area contributed by atoms with Crippen LogP contribution in [0.15, 0.2) is 6.20 Å². The van der Waals surface area contributed by atoms with E-state index in [2.05, 4.69) is 11.9 Å². The van der Waals surface area contributed by atoms with Crippen molar-refractivity contribution >= 4 is 0 Å². The molecule has 0 amide bonds. The molecular formula is C11H16N2. The maximum Gasteiger partial charge on any atom is 0.0438 e. The standard InChI is InChI=1S/C11H16N2/c1-2-9-8(6-12)7-13-11-5-3-4-10(9)11/h7H,2-6,12H2,1H3. The molecule has 2 rings (SSSR count). The Morgan fingerprint density at radius 1 is 1.46 bits per heavy atom. The molecule has 1 aliphatic carbocycles. The molecule has 0 bridgehead atoms. The number of hydrogen-bond acceptors (Lipinski definition) is 2. The average Bonchev–Trinajstić information content (AvgIpc) is 2.63. The molecule has 1 heterocycles. The van der Waals surface area contributed by atoms with E-state index < -0.39 is 0 Å². The summed E-state index contributed by atoms with van der Waals surface area (Å²) in [6.07, 6.45) is 6.69. The summed E-state index contributed by atoms with van der Waals surface area (Å²) in [6.45, 7) is 2.83. The highest BCUT2D eigenvalue weighted by molar-refractivity contribution is 5.39. The topological polar surface area (TPSA) is 38.9 Å². The zero-order valence-corrected chi connectivity index (χ0v) is 8.14. The van der Waals surface area contributed by atoms with Crippen LogP contribution in [0.4, 0.5) is 0 Å². The quantitative estimate of drug-likeness (QED) is 0.743. The lowest BCUT2D eigenvalue weighted by atomic mass is 10.00. The van der Waals surface area contributed by atoms with E-state index in [1.165, 1.54) is 35.2 Å². The summed E-state index contributed by atoms with van der Waals surface area (Å²) in [5.41, 5.74) is 11.2. The van der Waals surface area contributed by atoms with Crippen molar-refractivity contribution in [3.63, 3.8) is 0 Å². The Kier molecular flexibility index (Phi) is 2.32. The van der Waals surface area contributed by atoms with Crippen LogP contribution in [0.25, 0.3) is 0 Å². The highest BCUT2D eigenvalue weighted by Gasteiger charge is 2.17. The Balaban J connectivity index is 2.53. The highest BCUT2D eigenvalue weighted by atomic mass is 14.7. The van der Waals surface area contributed by atoms with Gasteiger partial charge in [0.1, 0.15) is 0 Å². The predicted molar refractivity (Wildman–Crippen MR) is 53.5 cm³/mol. The summed E-state index contributed by atoms with van der Waals surface area (Å²) in [7, 11) is 0. The van der Waals surface area contributed by atoms with Gasteiger partial charge >= 0.3 is 0 Å². The molecule has 13 heavy (non-hydrogen) atoms. The number of nitrogens with two attached hydrogens (primary N) is 1. The number of hydrogen-bond donors (Lipinski definition) is 1. The minimum Gasteiger partial charge on any atom is -0.326 e. The van der Waals surface area contributed by atoms with Gasteiger partial charge in [-0.1, -0.05) is 6.92 Å². The van der Waals surface area contributed by atoms with E-state index in [1.807, 2.05) is 6.20 Å². The first kappa shape index (κ1) is 8.70. The van der Waals surface area contributed by atoms with Crippen molar-refractivity contribution in [1.82, 2.24) is 4.98 Å². The van der Waals surface area contributed by atoms with Crippen LogP contribution in [-0.2, 0) is 25.8 Å². The molecule has 1 aromatic heterocycles. The molecular weight excluding hydrogens is 160 g/mol. The number of rotatable bonds is 2. The van der Waals surface area contributed by atoms with Gasteiger partial charge in [0.2, 0.25) is 0 Å². The van der Waals surface area contributed by atoms with Crippen LogP contribution in [-0.4, -0.2) is 4.98 Å².